The summed E-state index contributed by atoms with van der Waals surface area (Å²) in [5, 5.41) is 0. The number of nitrogens with one attached hydrogen (secondary N) is 1. The molecular formula is C14H22N2OS2. The largest absolute Gasteiger partial charge is 0.378 e. The number of aryl methyl sites for hydroxylation is 1. The van der Waals surface area contributed by atoms with Crippen molar-refractivity contribution in [3.63, 3.8) is 0 Å². The van der Waals surface area contributed by atoms with E-state index in [4.69, 9.17) is 10.6 Å². The van der Waals surface area contributed by atoms with E-state index in [-0.39, 0.29) is 0 Å². The minimum absolute atomic E-state index is 0.296. The van der Waals surface area contributed by atoms with E-state index < -0.39 is 0 Å². The van der Waals surface area contributed by atoms with Crippen LogP contribution < -0.4 is 11.3 Å². The van der Waals surface area contributed by atoms with Gasteiger partial charge in [0.25, 0.3) is 0 Å². The summed E-state index contributed by atoms with van der Waals surface area (Å²) in [5.74, 6) is 8.20. The maximum Gasteiger partial charge on any atom is 0.0576 e. The van der Waals surface area contributed by atoms with Gasteiger partial charge in [-0.1, -0.05) is 0 Å². The second-order valence-corrected chi connectivity index (χ2v) is 7.60. The molecule has 3 nitrogen and oxygen atoms in total. The lowest BCUT2D eigenvalue weighted by Crippen LogP contribution is -2.28. The number of hydrogen-bond donors (Lipinski definition) is 2. The molecular weight excluding hydrogens is 276 g/mol. The van der Waals surface area contributed by atoms with Crippen molar-refractivity contribution in [2.45, 2.75) is 50.0 Å². The number of hydrazine groups is 1. The van der Waals surface area contributed by atoms with E-state index in [9.17, 15) is 0 Å². The topological polar surface area (TPSA) is 47.3 Å². The van der Waals surface area contributed by atoms with E-state index in [0.29, 0.717) is 12.1 Å². The molecule has 5 heteroatoms. The van der Waals surface area contributed by atoms with Gasteiger partial charge in [-0.2, -0.15) is 11.8 Å². The first-order valence-electron chi connectivity index (χ1n) is 7.14. The number of ether oxygens (including phenoxy) is 1. The fraction of sp³-hybridized carbons (Fsp3) is 0.714. The van der Waals surface area contributed by atoms with E-state index in [2.05, 4.69) is 11.5 Å². The fourth-order valence-electron chi connectivity index (χ4n) is 2.87. The van der Waals surface area contributed by atoms with Crippen LogP contribution in [0.3, 0.4) is 0 Å². The summed E-state index contributed by atoms with van der Waals surface area (Å²) in [6.45, 7) is 0.940. The highest BCUT2D eigenvalue weighted by atomic mass is 32.2. The van der Waals surface area contributed by atoms with Crippen molar-refractivity contribution in [1.29, 1.82) is 0 Å². The zero-order valence-corrected chi connectivity index (χ0v) is 12.8. The Hall–Kier alpha value is -0.0700. The molecule has 19 heavy (non-hydrogen) atoms. The third-order valence-electron chi connectivity index (χ3n) is 3.99. The normalized spacial score (nSPS) is 24.4. The second-order valence-electron chi connectivity index (χ2n) is 5.33. The highest BCUT2D eigenvalue weighted by molar-refractivity contribution is 7.98. The minimum Gasteiger partial charge on any atom is -0.378 e. The van der Waals surface area contributed by atoms with Gasteiger partial charge in [-0.3, -0.25) is 11.3 Å². The van der Waals surface area contributed by atoms with Crippen LogP contribution in [0, 0.1) is 0 Å². The molecule has 106 valence electrons. The predicted octanol–water partition coefficient (Wildman–Crippen LogP) is 3.00. The molecule has 3 heterocycles. The van der Waals surface area contributed by atoms with Gasteiger partial charge in [-0.15, -0.1) is 11.3 Å². The van der Waals surface area contributed by atoms with Gasteiger partial charge in [0.1, 0.15) is 0 Å². The van der Waals surface area contributed by atoms with Gasteiger partial charge >= 0.3 is 0 Å². The Morgan fingerprint density at radius 3 is 3.21 bits per heavy atom. The zero-order chi connectivity index (χ0) is 13.1. The number of thiophene rings is 1. The molecule has 1 aromatic rings. The molecule has 0 radical (unpaired) electrons. The van der Waals surface area contributed by atoms with E-state index in [0.717, 1.165) is 19.4 Å². The van der Waals surface area contributed by atoms with Crippen LogP contribution in [-0.2, 0) is 16.9 Å². The summed E-state index contributed by atoms with van der Waals surface area (Å²) in [5.41, 5.74) is 4.54. The van der Waals surface area contributed by atoms with Crippen molar-refractivity contribution in [2.75, 3.05) is 12.4 Å². The van der Waals surface area contributed by atoms with Crippen LogP contribution in [0.1, 0.15) is 47.0 Å². The highest BCUT2D eigenvalue weighted by Gasteiger charge is 2.21. The van der Waals surface area contributed by atoms with E-state index >= 15 is 0 Å². The smallest absolute Gasteiger partial charge is 0.0576 e. The van der Waals surface area contributed by atoms with Crippen molar-refractivity contribution >= 4 is 23.1 Å². The third-order valence-corrected chi connectivity index (χ3v) is 6.35. The lowest BCUT2D eigenvalue weighted by atomic mass is 10.0. The monoisotopic (exact) mass is 298 g/mol. The van der Waals surface area contributed by atoms with E-state index in [1.807, 2.05) is 23.1 Å². The Labute approximate surface area is 123 Å². The van der Waals surface area contributed by atoms with E-state index in [1.54, 1.807) is 4.88 Å². The Bertz CT molecular complexity index is 392. The van der Waals surface area contributed by atoms with E-state index in [1.165, 1.54) is 41.2 Å². The van der Waals surface area contributed by atoms with Crippen LogP contribution in [-0.4, -0.2) is 18.5 Å². The van der Waals surface area contributed by atoms with Gasteiger partial charge in [-0.25, -0.2) is 0 Å². The molecule has 2 aliphatic rings. The molecule has 0 bridgehead atoms. The lowest BCUT2D eigenvalue weighted by molar-refractivity contribution is 0.0997. The molecule has 3 rings (SSSR count). The molecule has 0 spiro atoms. The Morgan fingerprint density at radius 1 is 1.53 bits per heavy atom. The average molecular weight is 298 g/mol. The summed E-state index contributed by atoms with van der Waals surface area (Å²) in [7, 11) is 0. The number of nitrogens with two attached hydrogens (primary N) is 1. The van der Waals surface area contributed by atoms with Crippen LogP contribution in [0.15, 0.2) is 6.07 Å². The van der Waals surface area contributed by atoms with Crippen molar-refractivity contribution in [1.82, 2.24) is 5.43 Å². The number of thioether (sulfide) groups is 1. The maximum absolute atomic E-state index is 5.76. The summed E-state index contributed by atoms with van der Waals surface area (Å²) >= 11 is 3.99. The molecule has 2 atom stereocenters. The zero-order valence-electron chi connectivity index (χ0n) is 11.2. The average Bonchev–Trinajstić information content (AvgIpc) is 3.08. The Balaban J connectivity index is 1.62. The molecule has 3 N–H and O–H groups in total. The molecule has 2 unspecified atom stereocenters. The standard InChI is InChI=1S/C14H22N2OS2/c15-16-12(4-3-11-2-1-6-17-11)14-8-10-9-18-7-5-13(10)19-14/h8,11-12,16H,1-7,9,15H2. The van der Waals surface area contributed by atoms with Crippen LogP contribution in [0.5, 0.6) is 0 Å². The first-order valence-corrected chi connectivity index (χ1v) is 9.11. The first kappa shape index (κ1) is 13.9. The van der Waals surface area contributed by atoms with Crippen molar-refractivity contribution in [3.05, 3.63) is 21.4 Å². The van der Waals surface area contributed by atoms with Crippen molar-refractivity contribution in [3.8, 4) is 0 Å². The Morgan fingerprint density at radius 2 is 2.47 bits per heavy atom. The molecule has 2 aliphatic heterocycles. The fourth-order valence-corrected chi connectivity index (χ4v) is 5.35. The van der Waals surface area contributed by atoms with Gasteiger partial charge in [-0.05, 0) is 49.5 Å². The van der Waals surface area contributed by atoms with Gasteiger partial charge < -0.3 is 4.74 Å². The van der Waals surface area contributed by atoms with Crippen molar-refractivity contribution < 1.29 is 4.74 Å². The third kappa shape index (κ3) is 3.34. The summed E-state index contributed by atoms with van der Waals surface area (Å²) < 4.78 is 5.70. The summed E-state index contributed by atoms with van der Waals surface area (Å²) in [6.07, 6.45) is 6.32. The van der Waals surface area contributed by atoms with Crippen LogP contribution in [0.4, 0.5) is 0 Å². The number of fused-ring (bicyclic) bond motifs is 1. The quantitative estimate of drug-likeness (QED) is 0.648. The van der Waals surface area contributed by atoms with Gasteiger partial charge in [0, 0.05) is 22.1 Å². The predicted molar refractivity (Wildman–Crippen MR) is 82.5 cm³/mol. The molecule has 1 fully saturated rings. The molecule has 0 aromatic carbocycles. The highest BCUT2D eigenvalue weighted by Crippen LogP contribution is 2.36. The molecule has 1 aromatic heterocycles. The second kappa shape index (κ2) is 6.59. The minimum atomic E-state index is 0.296. The number of rotatable bonds is 5. The lowest BCUT2D eigenvalue weighted by Gasteiger charge is -2.16. The van der Waals surface area contributed by atoms with Crippen molar-refractivity contribution in [2.24, 2.45) is 5.84 Å². The number of hydrogen-bond acceptors (Lipinski definition) is 5. The Kier molecular flexibility index (Phi) is 4.82. The van der Waals surface area contributed by atoms with Crippen LogP contribution in [0.25, 0.3) is 0 Å². The summed E-state index contributed by atoms with van der Waals surface area (Å²) in [6, 6.07) is 2.66. The SMILES string of the molecule is NNC(CCC1CCCO1)c1cc2c(s1)CCSC2. The molecule has 0 aliphatic carbocycles. The van der Waals surface area contributed by atoms with Gasteiger partial charge in [0.05, 0.1) is 12.1 Å². The summed E-state index contributed by atoms with van der Waals surface area (Å²) in [4.78, 5) is 2.99. The first-order chi connectivity index (χ1) is 9.36. The molecule has 1 saturated heterocycles. The molecule has 0 saturated carbocycles. The van der Waals surface area contributed by atoms with Gasteiger partial charge in [0.15, 0.2) is 0 Å². The van der Waals surface area contributed by atoms with Gasteiger partial charge in [0.2, 0.25) is 0 Å². The van der Waals surface area contributed by atoms with Crippen LogP contribution >= 0.6 is 23.1 Å². The molecule has 0 amide bonds. The maximum atomic E-state index is 5.76. The van der Waals surface area contributed by atoms with Crippen LogP contribution in [0.2, 0.25) is 0 Å².